The molecule has 24 heavy (non-hydrogen) atoms. The third kappa shape index (κ3) is 5.57. The van der Waals surface area contributed by atoms with Gasteiger partial charge in [0.25, 0.3) is 0 Å². The third-order valence-corrected chi connectivity index (χ3v) is 3.17. The Morgan fingerprint density at radius 2 is 1.67 bits per heavy atom. The van der Waals surface area contributed by atoms with Crippen LogP contribution in [0.1, 0.15) is 18.4 Å². The molecule has 0 aliphatic rings. The predicted molar refractivity (Wildman–Crippen MR) is 93.0 cm³/mol. The molecule has 2 N–H and O–H groups in total. The number of hydrogen-bond donors (Lipinski definition) is 2. The number of ether oxygens (including phenoxy) is 1. The zero-order valence-electron chi connectivity index (χ0n) is 13.4. The highest BCUT2D eigenvalue weighted by Crippen LogP contribution is 2.14. The number of carbonyl (C=O) groups is 2. The largest absolute Gasteiger partial charge is 0.496 e. The van der Waals surface area contributed by atoms with E-state index < -0.39 is 0 Å². The number of methoxy groups -OCH3 is 1. The number of carbonyl (C=O) groups excluding carboxylic acids is 2. The molecule has 6 heteroatoms. The smallest absolute Gasteiger partial charge is 0.240 e. The molecule has 0 unspecified atom stereocenters. The van der Waals surface area contributed by atoms with Crippen molar-refractivity contribution in [1.29, 1.82) is 0 Å². The number of hydrazone groups is 1. The van der Waals surface area contributed by atoms with Gasteiger partial charge >= 0.3 is 0 Å². The van der Waals surface area contributed by atoms with Crippen molar-refractivity contribution in [1.82, 2.24) is 5.43 Å². The van der Waals surface area contributed by atoms with Crippen LogP contribution in [0.2, 0.25) is 0 Å². The van der Waals surface area contributed by atoms with Crippen LogP contribution in [0, 0.1) is 0 Å². The minimum atomic E-state index is -0.329. The van der Waals surface area contributed by atoms with Gasteiger partial charge in [-0.1, -0.05) is 30.3 Å². The predicted octanol–water partition coefficient (Wildman–Crippen LogP) is 2.56. The SMILES string of the molecule is COc1ccccc1/C=N/NC(=O)CCC(=O)Nc1ccccc1. The zero-order chi connectivity index (χ0) is 17.2. The normalized spacial score (nSPS) is 10.4. The molecule has 124 valence electrons. The maximum Gasteiger partial charge on any atom is 0.240 e. The Morgan fingerprint density at radius 3 is 2.42 bits per heavy atom. The molecule has 0 spiro atoms. The lowest BCUT2D eigenvalue weighted by molar-refractivity contribution is -0.124. The van der Waals surface area contributed by atoms with Crippen LogP contribution >= 0.6 is 0 Å². The Kier molecular flexibility index (Phi) is 6.52. The fourth-order valence-corrected chi connectivity index (χ4v) is 1.97. The molecule has 0 saturated heterocycles. The molecule has 0 atom stereocenters. The quantitative estimate of drug-likeness (QED) is 0.606. The van der Waals surface area contributed by atoms with Crippen LogP contribution in [0.4, 0.5) is 5.69 Å². The molecule has 0 saturated carbocycles. The van der Waals surface area contributed by atoms with E-state index in [9.17, 15) is 9.59 Å². The van der Waals surface area contributed by atoms with E-state index in [2.05, 4.69) is 15.8 Å². The monoisotopic (exact) mass is 325 g/mol. The molecule has 0 aliphatic carbocycles. The molecule has 2 aromatic carbocycles. The summed E-state index contributed by atoms with van der Waals surface area (Å²) < 4.78 is 5.18. The van der Waals surface area contributed by atoms with Crippen LogP contribution in [0.15, 0.2) is 59.7 Å². The van der Waals surface area contributed by atoms with Crippen molar-refractivity contribution in [3.05, 3.63) is 60.2 Å². The molecule has 0 radical (unpaired) electrons. The lowest BCUT2D eigenvalue weighted by Gasteiger charge is -2.05. The molecular weight excluding hydrogens is 306 g/mol. The second-order valence-electron chi connectivity index (χ2n) is 4.95. The van der Waals surface area contributed by atoms with Gasteiger partial charge in [0, 0.05) is 24.1 Å². The lowest BCUT2D eigenvalue weighted by Crippen LogP contribution is -2.20. The van der Waals surface area contributed by atoms with E-state index in [0.29, 0.717) is 11.4 Å². The van der Waals surface area contributed by atoms with E-state index in [1.165, 1.54) is 6.21 Å². The number of nitrogens with zero attached hydrogens (tertiary/aromatic N) is 1. The summed E-state index contributed by atoms with van der Waals surface area (Å²) in [6, 6.07) is 16.4. The first-order valence-corrected chi connectivity index (χ1v) is 7.49. The van der Waals surface area contributed by atoms with Gasteiger partial charge in [-0.05, 0) is 24.3 Å². The Labute approximate surface area is 140 Å². The summed E-state index contributed by atoms with van der Waals surface area (Å²) in [6.07, 6.45) is 1.65. The first kappa shape index (κ1) is 17.2. The number of para-hydroxylation sites is 2. The Hall–Kier alpha value is -3.15. The van der Waals surface area contributed by atoms with E-state index in [1.54, 1.807) is 25.3 Å². The van der Waals surface area contributed by atoms with Crippen molar-refractivity contribution in [3.8, 4) is 5.75 Å². The number of nitrogens with one attached hydrogen (secondary N) is 2. The number of hydrogen-bond acceptors (Lipinski definition) is 4. The average molecular weight is 325 g/mol. The second-order valence-corrected chi connectivity index (χ2v) is 4.95. The topological polar surface area (TPSA) is 79.8 Å². The lowest BCUT2D eigenvalue weighted by atomic mass is 10.2. The molecule has 0 aromatic heterocycles. The van der Waals surface area contributed by atoms with Crippen LogP contribution in [0.25, 0.3) is 0 Å². The molecular formula is C18H19N3O3. The van der Waals surface area contributed by atoms with E-state index in [4.69, 9.17) is 4.74 Å². The summed E-state index contributed by atoms with van der Waals surface area (Å²) in [5.74, 6) is 0.118. The number of benzene rings is 2. The van der Waals surface area contributed by atoms with E-state index >= 15 is 0 Å². The maximum absolute atomic E-state index is 11.7. The Morgan fingerprint density at radius 1 is 1.00 bits per heavy atom. The third-order valence-electron chi connectivity index (χ3n) is 3.17. The van der Waals surface area contributed by atoms with Crippen LogP contribution in [0.3, 0.4) is 0 Å². The number of amides is 2. The van der Waals surface area contributed by atoms with Crippen molar-refractivity contribution in [2.45, 2.75) is 12.8 Å². The number of anilines is 1. The van der Waals surface area contributed by atoms with Gasteiger partial charge in [-0.3, -0.25) is 9.59 Å². The van der Waals surface area contributed by atoms with Crippen LogP contribution in [0.5, 0.6) is 5.75 Å². The minimum Gasteiger partial charge on any atom is -0.496 e. The van der Waals surface area contributed by atoms with E-state index in [0.717, 1.165) is 5.56 Å². The van der Waals surface area contributed by atoms with Gasteiger partial charge in [-0.2, -0.15) is 5.10 Å². The van der Waals surface area contributed by atoms with Gasteiger partial charge in [-0.15, -0.1) is 0 Å². The zero-order valence-corrected chi connectivity index (χ0v) is 13.4. The summed E-state index contributed by atoms with van der Waals surface area (Å²) in [6.45, 7) is 0. The van der Waals surface area contributed by atoms with Crippen LogP contribution in [-0.4, -0.2) is 25.1 Å². The van der Waals surface area contributed by atoms with Gasteiger partial charge in [0.15, 0.2) is 0 Å². The number of rotatable bonds is 7. The highest BCUT2D eigenvalue weighted by molar-refractivity contribution is 5.93. The molecule has 2 amide bonds. The Balaban J connectivity index is 1.75. The van der Waals surface area contributed by atoms with Gasteiger partial charge in [0.2, 0.25) is 11.8 Å². The van der Waals surface area contributed by atoms with Crippen molar-refractivity contribution in [3.63, 3.8) is 0 Å². The average Bonchev–Trinajstić information content (AvgIpc) is 2.61. The van der Waals surface area contributed by atoms with E-state index in [1.807, 2.05) is 36.4 Å². The molecule has 0 aliphatic heterocycles. The summed E-state index contributed by atoms with van der Waals surface area (Å²) >= 11 is 0. The molecule has 0 heterocycles. The summed E-state index contributed by atoms with van der Waals surface area (Å²) in [7, 11) is 1.57. The van der Waals surface area contributed by atoms with Crippen molar-refractivity contribution in [2.75, 3.05) is 12.4 Å². The molecule has 6 nitrogen and oxygen atoms in total. The Bertz CT molecular complexity index is 714. The first-order chi connectivity index (χ1) is 11.7. The highest BCUT2D eigenvalue weighted by atomic mass is 16.5. The van der Waals surface area contributed by atoms with Gasteiger partial charge < -0.3 is 10.1 Å². The molecule has 2 aromatic rings. The molecule has 0 fully saturated rings. The highest BCUT2D eigenvalue weighted by Gasteiger charge is 2.06. The van der Waals surface area contributed by atoms with Crippen LogP contribution in [-0.2, 0) is 9.59 Å². The minimum absolute atomic E-state index is 0.0575. The van der Waals surface area contributed by atoms with Crippen molar-refractivity contribution in [2.24, 2.45) is 5.10 Å². The fraction of sp³-hybridized carbons (Fsp3) is 0.167. The van der Waals surface area contributed by atoms with Gasteiger partial charge in [0.1, 0.15) is 5.75 Å². The summed E-state index contributed by atoms with van der Waals surface area (Å²) in [4.78, 5) is 23.5. The van der Waals surface area contributed by atoms with Gasteiger partial charge in [-0.25, -0.2) is 5.43 Å². The van der Waals surface area contributed by atoms with Crippen molar-refractivity contribution < 1.29 is 14.3 Å². The molecule has 2 rings (SSSR count). The molecule has 0 bridgehead atoms. The first-order valence-electron chi connectivity index (χ1n) is 7.49. The second kappa shape index (κ2) is 9.09. The van der Waals surface area contributed by atoms with Gasteiger partial charge in [0.05, 0.1) is 13.3 Å². The van der Waals surface area contributed by atoms with E-state index in [-0.39, 0.29) is 24.7 Å². The van der Waals surface area contributed by atoms with Crippen molar-refractivity contribution >= 4 is 23.7 Å². The van der Waals surface area contributed by atoms with Crippen LogP contribution < -0.4 is 15.5 Å². The summed E-state index contributed by atoms with van der Waals surface area (Å²) in [5, 5.41) is 6.60. The fourth-order valence-electron chi connectivity index (χ4n) is 1.97. The maximum atomic E-state index is 11.7. The standard InChI is InChI=1S/C18H19N3O3/c1-24-16-10-6-5-7-14(16)13-19-21-18(23)12-11-17(22)20-15-8-3-2-4-9-15/h2-10,13H,11-12H2,1H3,(H,20,22)(H,21,23)/b19-13+. The summed E-state index contributed by atoms with van der Waals surface area (Å²) in [5.41, 5.74) is 3.85.